The Balaban J connectivity index is 1.74. The summed E-state index contributed by atoms with van der Waals surface area (Å²) in [6.07, 6.45) is -4.03. The highest BCUT2D eigenvalue weighted by Crippen LogP contribution is 2.20. The minimum absolute atomic E-state index is 0.386. The van der Waals surface area contributed by atoms with Crippen LogP contribution < -0.4 is 5.73 Å². The second-order valence-corrected chi connectivity index (χ2v) is 5.80. The third kappa shape index (κ3) is 4.33. The summed E-state index contributed by atoms with van der Waals surface area (Å²) < 4.78 is 11.0. The average molecular weight is 305 g/mol. The highest BCUT2D eigenvalue weighted by Gasteiger charge is 2.42. The van der Waals surface area contributed by atoms with Crippen molar-refractivity contribution in [3.63, 3.8) is 0 Å². The van der Waals surface area contributed by atoms with Gasteiger partial charge in [-0.1, -0.05) is 0 Å². The van der Waals surface area contributed by atoms with Crippen LogP contribution in [0, 0.1) is 0 Å². The molecule has 2 aliphatic rings. The van der Waals surface area contributed by atoms with Crippen LogP contribution in [0.25, 0.3) is 0 Å². The molecule has 0 aromatic heterocycles. The third-order valence-electron chi connectivity index (χ3n) is 4.21. The Morgan fingerprint density at radius 3 is 2.48 bits per heavy atom. The van der Waals surface area contributed by atoms with Crippen LogP contribution in [0.2, 0.25) is 0 Å². The lowest BCUT2D eigenvalue weighted by Crippen LogP contribution is -2.62. The maximum atomic E-state index is 9.83. The molecule has 0 spiro atoms. The Morgan fingerprint density at radius 1 is 1.19 bits per heavy atom. The number of likely N-dealkylation sites (N-methyl/N-ethyl adjacent to an activating group) is 1. The molecule has 0 aromatic rings. The van der Waals surface area contributed by atoms with Gasteiger partial charge in [0.2, 0.25) is 0 Å². The summed E-state index contributed by atoms with van der Waals surface area (Å²) in [6.45, 7) is 4.89. The van der Waals surface area contributed by atoms with Gasteiger partial charge in [0.1, 0.15) is 18.3 Å². The second-order valence-electron chi connectivity index (χ2n) is 5.80. The minimum Gasteiger partial charge on any atom is -0.394 e. The van der Waals surface area contributed by atoms with Gasteiger partial charge in [0, 0.05) is 32.7 Å². The van der Waals surface area contributed by atoms with Crippen molar-refractivity contribution < 1.29 is 24.8 Å². The second kappa shape index (κ2) is 7.80. The Bertz CT molecular complexity index is 312. The normalized spacial score (nSPS) is 39.6. The largest absolute Gasteiger partial charge is 0.394 e. The molecule has 5 atom stereocenters. The topological polar surface area (TPSA) is 112 Å². The van der Waals surface area contributed by atoms with Crippen LogP contribution in [-0.2, 0) is 9.47 Å². The molecule has 0 radical (unpaired) electrons. The molecule has 5 N–H and O–H groups in total. The molecular weight excluding hydrogens is 278 g/mol. The summed E-state index contributed by atoms with van der Waals surface area (Å²) >= 11 is 0. The molecule has 2 saturated heterocycles. The summed E-state index contributed by atoms with van der Waals surface area (Å²) in [5.41, 5.74) is 5.81. The molecule has 8 nitrogen and oxygen atoms in total. The first-order valence-corrected chi connectivity index (χ1v) is 7.43. The van der Waals surface area contributed by atoms with E-state index in [2.05, 4.69) is 16.8 Å². The highest BCUT2D eigenvalue weighted by molar-refractivity contribution is 4.91. The molecule has 2 heterocycles. The molecule has 0 amide bonds. The first-order valence-electron chi connectivity index (χ1n) is 7.43. The number of aliphatic hydroxyl groups is 3. The maximum Gasteiger partial charge on any atom is 0.175 e. The van der Waals surface area contributed by atoms with E-state index in [1.165, 1.54) is 0 Å². The zero-order chi connectivity index (χ0) is 15.4. The van der Waals surface area contributed by atoms with Crippen molar-refractivity contribution >= 4 is 0 Å². The number of nitrogens with two attached hydrogens (primary N) is 1. The Hall–Kier alpha value is -0.320. The lowest BCUT2D eigenvalue weighted by atomic mass is 9.98. The third-order valence-corrected chi connectivity index (χ3v) is 4.21. The van der Waals surface area contributed by atoms with E-state index >= 15 is 0 Å². The molecule has 2 rings (SSSR count). The molecule has 0 aliphatic carbocycles. The predicted octanol–water partition coefficient (Wildman–Crippen LogP) is -2.98. The van der Waals surface area contributed by atoms with E-state index < -0.39 is 30.6 Å². The molecule has 0 saturated carbocycles. The number of nitrogens with zero attached hydrogens (tertiary/aromatic N) is 2. The standard InChI is InChI=1S/C13H27N3O5/c1-15-2-4-16(5-3-15)6-7-20-13-10(14)12(19)11(18)9(8-17)21-13/h9-13,17-19H,2-8,14H2,1H3/t9-,10-,11-,12-,13-/m1/s1. The summed E-state index contributed by atoms with van der Waals surface area (Å²) in [5, 5.41) is 28.7. The fraction of sp³-hybridized carbons (Fsp3) is 1.00. The van der Waals surface area contributed by atoms with Crippen molar-refractivity contribution in [1.82, 2.24) is 9.80 Å². The smallest absolute Gasteiger partial charge is 0.175 e. The molecule has 0 aromatic carbocycles. The van der Waals surface area contributed by atoms with E-state index in [4.69, 9.17) is 20.3 Å². The predicted molar refractivity (Wildman–Crippen MR) is 75.6 cm³/mol. The lowest BCUT2D eigenvalue weighted by Gasteiger charge is -2.40. The van der Waals surface area contributed by atoms with Gasteiger partial charge in [-0.15, -0.1) is 0 Å². The van der Waals surface area contributed by atoms with Gasteiger partial charge in [0.15, 0.2) is 6.29 Å². The first kappa shape index (κ1) is 17.0. The van der Waals surface area contributed by atoms with Crippen molar-refractivity contribution in [3.8, 4) is 0 Å². The highest BCUT2D eigenvalue weighted by atomic mass is 16.7. The fourth-order valence-corrected chi connectivity index (χ4v) is 2.62. The lowest BCUT2D eigenvalue weighted by molar-refractivity contribution is -0.266. The van der Waals surface area contributed by atoms with Crippen LogP contribution in [0.3, 0.4) is 0 Å². The maximum absolute atomic E-state index is 9.83. The van der Waals surface area contributed by atoms with Gasteiger partial charge in [-0.25, -0.2) is 0 Å². The quantitative estimate of drug-likeness (QED) is 0.426. The van der Waals surface area contributed by atoms with Crippen molar-refractivity contribution in [2.24, 2.45) is 5.73 Å². The molecule has 124 valence electrons. The van der Waals surface area contributed by atoms with Gasteiger partial charge in [0.05, 0.1) is 19.3 Å². The number of hydrogen-bond donors (Lipinski definition) is 4. The number of rotatable bonds is 5. The van der Waals surface area contributed by atoms with Gasteiger partial charge in [-0.2, -0.15) is 0 Å². The van der Waals surface area contributed by atoms with Crippen LogP contribution in [0.4, 0.5) is 0 Å². The van der Waals surface area contributed by atoms with Crippen molar-refractivity contribution in [3.05, 3.63) is 0 Å². The van der Waals surface area contributed by atoms with Crippen molar-refractivity contribution in [1.29, 1.82) is 0 Å². The Kier molecular flexibility index (Phi) is 6.33. The molecular formula is C13H27N3O5. The molecule has 2 aliphatic heterocycles. The SMILES string of the molecule is CN1CCN(CCO[C@@H]2O[C@H](CO)[C@@H](O)[C@H](O)[C@H]2N)CC1. The summed E-state index contributed by atoms with van der Waals surface area (Å²) in [7, 11) is 2.10. The van der Waals surface area contributed by atoms with E-state index in [0.717, 1.165) is 32.7 Å². The van der Waals surface area contributed by atoms with Crippen LogP contribution in [0.5, 0.6) is 0 Å². The van der Waals surface area contributed by atoms with E-state index in [0.29, 0.717) is 6.61 Å². The molecule has 0 bridgehead atoms. The van der Waals surface area contributed by atoms with Gasteiger partial charge in [-0.3, -0.25) is 4.90 Å². The van der Waals surface area contributed by atoms with Crippen LogP contribution >= 0.6 is 0 Å². The van der Waals surface area contributed by atoms with Crippen molar-refractivity contribution in [2.45, 2.75) is 30.6 Å². The monoisotopic (exact) mass is 305 g/mol. The van der Waals surface area contributed by atoms with Crippen LogP contribution in [-0.4, -0.2) is 109 Å². The number of hydrogen-bond acceptors (Lipinski definition) is 8. The molecule has 2 fully saturated rings. The fourth-order valence-electron chi connectivity index (χ4n) is 2.62. The van der Waals surface area contributed by atoms with Crippen LogP contribution in [0.15, 0.2) is 0 Å². The van der Waals surface area contributed by atoms with Gasteiger partial charge >= 0.3 is 0 Å². The van der Waals surface area contributed by atoms with Gasteiger partial charge in [-0.05, 0) is 7.05 Å². The van der Waals surface area contributed by atoms with Gasteiger partial charge in [0.25, 0.3) is 0 Å². The summed E-state index contributed by atoms with van der Waals surface area (Å²) in [5.74, 6) is 0. The summed E-state index contributed by atoms with van der Waals surface area (Å²) in [4.78, 5) is 4.57. The molecule has 0 unspecified atom stereocenters. The van der Waals surface area contributed by atoms with Crippen LogP contribution in [0.1, 0.15) is 0 Å². The molecule has 8 heteroatoms. The van der Waals surface area contributed by atoms with E-state index in [1.54, 1.807) is 0 Å². The zero-order valence-electron chi connectivity index (χ0n) is 12.5. The number of aliphatic hydroxyl groups excluding tert-OH is 3. The minimum atomic E-state index is -1.19. The average Bonchev–Trinajstić information content (AvgIpc) is 2.49. The first-order chi connectivity index (χ1) is 10.0. The molecule has 21 heavy (non-hydrogen) atoms. The van der Waals surface area contributed by atoms with Crippen molar-refractivity contribution in [2.75, 3.05) is 53.0 Å². The Morgan fingerprint density at radius 2 is 1.86 bits per heavy atom. The number of ether oxygens (including phenoxy) is 2. The Labute approximate surface area is 125 Å². The van der Waals surface area contributed by atoms with E-state index in [9.17, 15) is 10.2 Å². The van der Waals surface area contributed by atoms with E-state index in [1.807, 2.05) is 0 Å². The zero-order valence-corrected chi connectivity index (χ0v) is 12.5. The van der Waals surface area contributed by atoms with E-state index in [-0.39, 0.29) is 6.61 Å². The number of piperazine rings is 1. The summed E-state index contributed by atoms with van der Waals surface area (Å²) in [6, 6.07) is -0.824. The van der Waals surface area contributed by atoms with Gasteiger partial charge < -0.3 is 35.4 Å².